The molecule has 0 aliphatic carbocycles. The molecule has 1 aromatic carbocycles. The molecule has 0 spiro atoms. The van der Waals surface area contributed by atoms with Crippen molar-refractivity contribution in [3.8, 4) is 6.07 Å². The second-order valence-corrected chi connectivity index (χ2v) is 6.99. The number of aromatic nitrogens is 1. The molecule has 0 amide bonds. The molecular weight excluding hydrogens is 303 g/mol. The zero-order valence-corrected chi connectivity index (χ0v) is 14.2. The minimum absolute atomic E-state index is 0.270. The number of nitriles is 1. The Morgan fingerprint density at radius 2 is 1.96 bits per heavy atom. The number of nitrogens with two attached hydrogens (primary N) is 1. The van der Waals surface area contributed by atoms with Gasteiger partial charge in [-0.05, 0) is 42.0 Å². The van der Waals surface area contributed by atoms with Gasteiger partial charge >= 0.3 is 0 Å². The van der Waals surface area contributed by atoms with Crippen molar-refractivity contribution < 1.29 is 4.39 Å². The molecule has 0 saturated carbocycles. The fourth-order valence-electron chi connectivity index (χ4n) is 3.82. The summed E-state index contributed by atoms with van der Waals surface area (Å²) < 4.78 is 15.4. The van der Waals surface area contributed by atoms with E-state index in [1.807, 2.05) is 10.6 Å². The van der Waals surface area contributed by atoms with E-state index in [-0.39, 0.29) is 5.82 Å². The summed E-state index contributed by atoms with van der Waals surface area (Å²) in [5.74, 6) is 1.77. The molecule has 2 N–H and O–H groups in total. The van der Waals surface area contributed by atoms with Gasteiger partial charge in [-0.15, -0.1) is 0 Å². The van der Waals surface area contributed by atoms with Crippen molar-refractivity contribution in [1.29, 1.82) is 5.26 Å². The first-order chi connectivity index (χ1) is 11.5. The Bertz CT molecular complexity index is 764. The number of nitrogen functional groups attached to an aromatic ring is 1. The Morgan fingerprint density at radius 3 is 2.58 bits per heavy atom. The van der Waals surface area contributed by atoms with Gasteiger partial charge in [0.25, 0.3) is 0 Å². The highest BCUT2D eigenvalue weighted by atomic mass is 19.1. The molecule has 1 saturated heterocycles. The zero-order chi connectivity index (χ0) is 17.3. The largest absolute Gasteiger partial charge is 0.396 e. The topological polar surface area (TPSA) is 58.0 Å². The second-order valence-electron chi connectivity index (χ2n) is 6.99. The second kappa shape index (κ2) is 6.56. The Hall–Kier alpha value is -2.48. The normalized spacial score (nSPS) is 20.8. The summed E-state index contributed by atoms with van der Waals surface area (Å²) in [5.41, 5.74) is 8.18. The van der Waals surface area contributed by atoms with Gasteiger partial charge in [-0.3, -0.25) is 0 Å². The number of piperidine rings is 1. The van der Waals surface area contributed by atoms with Crippen LogP contribution in [0.2, 0.25) is 0 Å². The third-order valence-electron chi connectivity index (χ3n) is 4.61. The Labute approximate surface area is 142 Å². The number of anilines is 2. The van der Waals surface area contributed by atoms with Crippen LogP contribution in [0.25, 0.3) is 0 Å². The zero-order valence-electron chi connectivity index (χ0n) is 14.2. The molecule has 2 unspecified atom stereocenters. The molecule has 4 nitrogen and oxygen atoms in total. The smallest absolute Gasteiger partial charge is 0.133 e. The monoisotopic (exact) mass is 326 g/mol. The van der Waals surface area contributed by atoms with E-state index < -0.39 is 0 Å². The SMILES string of the molecule is CC1CC(C)CN(c2c(N)cc(C#N)n2Cc2cccc(F)c2)C1. The average Bonchev–Trinajstić information content (AvgIpc) is 2.82. The lowest BCUT2D eigenvalue weighted by atomic mass is 9.92. The molecule has 2 aromatic rings. The van der Waals surface area contributed by atoms with Crippen LogP contribution in [0.15, 0.2) is 30.3 Å². The Balaban J connectivity index is 2.00. The maximum Gasteiger partial charge on any atom is 0.133 e. The maximum atomic E-state index is 13.5. The highest BCUT2D eigenvalue weighted by molar-refractivity contribution is 5.68. The lowest BCUT2D eigenvalue weighted by molar-refractivity contribution is 0.353. The van der Waals surface area contributed by atoms with E-state index in [2.05, 4.69) is 24.8 Å². The van der Waals surface area contributed by atoms with Gasteiger partial charge in [0.15, 0.2) is 0 Å². The van der Waals surface area contributed by atoms with Gasteiger partial charge < -0.3 is 15.2 Å². The van der Waals surface area contributed by atoms with Crippen molar-refractivity contribution in [1.82, 2.24) is 4.57 Å². The number of hydrogen-bond donors (Lipinski definition) is 1. The van der Waals surface area contributed by atoms with E-state index in [1.54, 1.807) is 12.1 Å². The van der Waals surface area contributed by atoms with Crippen LogP contribution in [0.3, 0.4) is 0 Å². The molecule has 1 fully saturated rings. The highest BCUT2D eigenvalue weighted by Gasteiger charge is 2.27. The lowest BCUT2D eigenvalue weighted by Crippen LogP contribution is -2.40. The quantitative estimate of drug-likeness (QED) is 0.937. The van der Waals surface area contributed by atoms with Gasteiger partial charge in [0.05, 0.1) is 12.2 Å². The summed E-state index contributed by atoms with van der Waals surface area (Å²) in [5, 5.41) is 9.47. The van der Waals surface area contributed by atoms with E-state index in [0.717, 1.165) is 24.5 Å². The summed E-state index contributed by atoms with van der Waals surface area (Å²) in [6.07, 6.45) is 1.20. The van der Waals surface area contributed by atoms with Crippen LogP contribution in [0.5, 0.6) is 0 Å². The van der Waals surface area contributed by atoms with Crippen molar-refractivity contribution >= 4 is 11.5 Å². The van der Waals surface area contributed by atoms with E-state index in [1.165, 1.54) is 18.6 Å². The van der Waals surface area contributed by atoms with Crippen LogP contribution in [-0.4, -0.2) is 17.7 Å². The van der Waals surface area contributed by atoms with Crippen molar-refractivity contribution in [3.63, 3.8) is 0 Å². The first-order valence-corrected chi connectivity index (χ1v) is 8.36. The molecule has 0 bridgehead atoms. The van der Waals surface area contributed by atoms with Gasteiger partial charge in [0.2, 0.25) is 0 Å². The summed E-state index contributed by atoms with van der Waals surface area (Å²) in [6, 6.07) is 10.4. The highest BCUT2D eigenvalue weighted by Crippen LogP contribution is 2.33. The Kier molecular flexibility index (Phi) is 4.48. The summed E-state index contributed by atoms with van der Waals surface area (Å²) in [6.45, 7) is 6.76. The van der Waals surface area contributed by atoms with E-state index >= 15 is 0 Å². The Morgan fingerprint density at radius 1 is 1.25 bits per heavy atom. The molecule has 1 aromatic heterocycles. The van der Waals surface area contributed by atoms with Crippen LogP contribution in [-0.2, 0) is 6.54 Å². The first kappa shape index (κ1) is 16.4. The third kappa shape index (κ3) is 3.23. The van der Waals surface area contributed by atoms with Gasteiger partial charge in [-0.1, -0.05) is 26.0 Å². The van der Waals surface area contributed by atoms with Gasteiger partial charge in [-0.25, -0.2) is 4.39 Å². The number of rotatable bonds is 3. The molecule has 0 radical (unpaired) electrons. The summed E-state index contributed by atoms with van der Waals surface area (Å²) >= 11 is 0. The number of nitrogens with zero attached hydrogens (tertiary/aromatic N) is 3. The van der Waals surface area contributed by atoms with Crippen molar-refractivity contribution in [3.05, 3.63) is 47.4 Å². The van der Waals surface area contributed by atoms with Gasteiger partial charge in [0, 0.05) is 13.1 Å². The minimum Gasteiger partial charge on any atom is -0.396 e. The lowest BCUT2D eigenvalue weighted by Gasteiger charge is -2.37. The molecule has 2 atom stereocenters. The van der Waals surface area contributed by atoms with Crippen LogP contribution < -0.4 is 10.6 Å². The molecule has 2 heterocycles. The first-order valence-electron chi connectivity index (χ1n) is 8.36. The van der Waals surface area contributed by atoms with Gasteiger partial charge in [-0.2, -0.15) is 5.26 Å². The van der Waals surface area contributed by atoms with Crippen LogP contribution in [0, 0.1) is 29.0 Å². The van der Waals surface area contributed by atoms with E-state index in [9.17, 15) is 9.65 Å². The predicted molar refractivity (Wildman–Crippen MR) is 94.2 cm³/mol. The minimum atomic E-state index is -0.270. The molecule has 1 aliphatic heterocycles. The van der Waals surface area contributed by atoms with Crippen molar-refractivity contribution in [2.75, 3.05) is 23.7 Å². The number of halogens is 1. The van der Waals surface area contributed by atoms with Crippen molar-refractivity contribution in [2.45, 2.75) is 26.8 Å². The molecule has 3 rings (SSSR count). The fourth-order valence-corrected chi connectivity index (χ4v) is 3.82. The average molecular weight is 326 g/mol. The number of benzene rings is 1. The van der Waals surface area contributed by atoms with Gasteiger partial charge in [0.1, 0.15) is 23.4 Å². The summed E-state index contributed by atoms with van der Waals surface area (Å²) in [4.78, 5) is 2.27. The molecular formula is C19H23FN4. The standard InChI is InChI=1S/C19H23FN4/c1-13-6-14(2)11-23(10-13)19-18(22)8-17(9-21)24(19)12-15-4-3-5-16(20)7-15/h3-5,7-8,13-14H,6,10-12,22H2,1-2H3. The molecule has 5 heteroatoms. The van der Waals surface area contributed by atoms with E-state index in [4.69, 9.17) is 5.73 Å². The van der Waals surface area contributed by atoms with Crippen LogP contribution >= 0.6 is 0 Å². The van der Waals surface area contributed by atoms with Crippen LogP contribution in [0.1, 0.15) is 31.5 Å². The van der Waals surface area contributed by atoms with Crippen LogP contribution in [0.4, 0.5) is 15.9 Å². The predicted octanol–water partition coefficient (Wildman–Crippen LogP) is 3.61. The fraction of sp³-hybridized carbons (Fsp3) is 0.421. The molecule has 1 aliphatic rings. The van der Waals surface area contributed by atoms with E-state index in [0.29, 0.717) is 29.8 Å². The molecule has 24 heavy (non-hydrogen) atoms. The van der Waals surface area contributed by atoms with Crippen molar-refractivity contribution in [2.24, 2.45) is 11.8 Å². The maximum absolute atomic E-state index is 13.5. The summed E-state index contributed by atoms with van der Waals surface area (Å²) in [7, 11) is 0. The third-order valence-corrected chi connectivity index (χ3v) is 4.61. The number of hydrogen-bond acceptors (Lipinski definition) is 3. The molecule has 126 valence electrons.